The van der Waals surface area contributed by atoms with E-state index in [9.17, 15) is 0 Å². The minimum absolute atomic E-state index is 0.629. The highest BCUT2D eigenvalue weighted by Crippen LogP contribution is 2.30. The van der Waals surface area contributed by atoms with Gasteiger partial charge < -0.3 is 5.32 Å². The van der Waals surface area contributed by atoms with Crippen LogP contribution in [0.25, 0.3) is 0 Å². The van der Waals surface area contributed by atoms with E-state index in [2.05, 4.69) is 49.5 Å². The molecule has 3 atom stereocenters. The second kappa shape index (κ2) is 7.69. The first-order chi connectivity index (χ1) is 9.35. The Balaban J connectivity index is 2.15. The van der Waals surface area contributed by atoms with Crippen LogP contribution >= 0.6 is 0 Å². The lowest BCUT2D eigenvalue weighted by Gasteiger charge is -2.31. The zero-order chi connectivity index (χ0) is 13.5. The minimum atomic E-state index is 0.629. The third kappa shape index (κ3) is 4.07. The van der Waals surface area contributed by atoms with Crippen LogP contribution in [-0.4, -0.2) is 12.6 Å². The lowest BCUT2D eigenvalue weighted by atomic mass is 9.82. The molecular formula is C18H29N. The molecule has 0 saturated carbocycles. The Bertz CT molecular complexity index is 351. The van der Waals surface area contributed by atoms with Gasteiger partial charge in [0.1, 0.15) is 0 Å². The first-order valence-corrected chi connectivity index (χ1v) is 8.15. The van der Waals surface area contributed by atoms with Crippen LogP contribution in [0.1, 0.15) is 52.4 Å². The summed E-state index contributed by atoms with van der Waals surface area (Å²) in [6, 6.07) is 0.659. The summed E-state index contributed by atoms with van der Waals surface area (Å²) in [6.07, 6.45) is 19.5. The average molecular weight is 259 g/mol. The summed E-state index contributed by atoms with van der Waals surface area (Å²) in [5.41, 5.74) is 1.57. The molecule has 0 aromatic heterocycles. The molecule has 0 fully saturated rings. The maximum absolute atomic E-state index is 3.80. The molecule has 0 aromatic rings. The van der Waals surface area contributed by atoms with E-state index >= 15 is 0 Å². The van der Waals surface area contributed by atoms with Crippen LogP contribution in [0.5, 0.6) is 0 Å². The summed E-state index contributed by atoms with van der Waals surface area (Å²) in [5.74, 6) is 1.33. The fourth-order valence-corrected chi connectivity index (χ4v) is 3.38. The summed E-state index contributed by atoms with van der Waals surface area (Å²) in [5, 5.41) is 3.80. The molecule has 0 amide bonds. The van der Waals surface area contributed by atoms with Crippen molar-refractivity contribution in [3.8, 4) is 0 Å². The number of hydrogen-bond acceptors (Lipinski definition) is 1. The topological polar surface area (TPSA) is 12.0 Å². The number of fused-ring (bicyclic) bond motifs is 1. The number of nitrogens with one attached hydrogen (secondary N) is 1. The Labute approximate surface area is 118 Å². The fourth-order valence-electron chi connectivity index (χ4n) is 3.38. The highest BCUT2D eigenvalue weighted by Gasteiger charge is 2.24. The SMILES string of the molecule is CCCCCC1C2=CC(C=CC=C2)CCNC1CC. The predicted molar refractivity (Wildman–Crippen MR) is 84.2 cm³/mol. The molecule has 1 heteroatoms. The summed E-state index contributed by atoms with van der Waals surface area (Å²) in [7, 11) is 0. The second-order valence-electron chi connectivity index (χ2n) is 5.93. The van der Waals surface area contributed by atoms with Crippen LogP contribution in [0.3, 0.4) is 0 Å². The third-order valence-electron chi connectivity index (χ3n) is 4.52. The van der Waals surface area contributed by atoms with Gasteiger partial charge in [0, 0.05) is 6.04 Å². The van der Waals surface area contributed by atoms with E-state index in [1.165, 1.54) is 38.5 Å². The molecule has 19 heavy (non-hydrogen) atoms. The van der Waals surface area contributed by atoms with Gasteiger partial charge in [0.2, 0.25) is 0 Å². The van der Waals surface area contributed by atoms with Gasteiger partial charge in [0.15, 0.2) is 0 Å². The third-order valence-corrected chi connectivity index (χ3v) is 4.52. The molecule has 1 aliphatic carbocycles. The molecule has 2 bridgehead atoms. The lowest BCUT2D eigenvalue weighted by Crippen LogP contribution is -2.39. The Morgan fingerprint density at radius 2 is 2.11 bits per heavy atom. The van der Waals surface area contributed by atoms with Gasteiger partial charge in [-0.1, -0.05) is 63.5 Å². The summed E-state index contributed by atoms with van der Waals surface area (Å²) in [6.45, 7) is 5.77. The maximum Gasteiger partial charge on any atom is 0.0133 e. The normalized spacial score (nSPS) is 30.4. The van der Waals surface area contributed by atoms with Gasteiger partial charge in [-0.2, -0.15) is 0 Å². The molecule has 1 heterocycles. The van der Waals surface area contributed by atoms with E-state index in [0.29, 0.717) is 17.9 Å². The van der Waals surface area contributed by atoms with Crippen LogP contribution in [0.4, 0.5) is 0 Å². The van der Waals surface area contributed by atoms with Crippen molar-refractivity contribution in [2.45, 2.75) is 58.4 Å². The molecule has 0 saturated heterocycles. The molecule has 1 aliphatic heterocycles. The van der Waals surface area contributed by atoms with E-state index in [0.717, 1.165) is 6.54 Å². The minimum Gasteiger partial charge on any atom is -0.313 e. The second-order valence-corrected chi connectivity index (χ2v) is 5.93. The smallest absolute Gasteiger partial charge is 0.0133 e. The van der Waals surface area contributed by atoms with Gasteiger partial charge in [-0.3, -0.25) is 0 Å². The molecule has 1 nitrogen and oxygen atoms in total. The molecule has 0 radical (unpaired) electrons. The van der Waals surface area contributed by atoms with Crippen molar-refractivity contribution in [1.29, 1.82) is 0 Å². The maximum atomic E-state index is 3.80. The molecule has 2 aliphatic rings. The van der Waals surface area contributed by atoms with E-state index in [1.807, 2.05) is 0 Å². The van der Waals surface area contributed by atoms with Gasteiger partial charge in [-0.15, -0.1) is 0 Å². The molecule has 0 aromatic carbocycles. The number of rotatable bonds is 5. The van der Waals surface area contributed by atoms with Crippen molar-refractivity contribution < 1.29 is 0 Å². The van der Waals surface area contributed by atoms with Crippen molar-refractivity contribution in [3.05, 3.63) is 36.0 Å². The Kier molecular flexibility index (Phi) is 5.91. The van der Waals surface area contributed by atoms with E-state index < -0.39 is 0 Å². The lowest BCUT2D eigenvalue weighted by molar-refractivity contribution is 0.345. The summed E-state index contributed by atoms with van der Waals surface area (Å²) in [4.78, 5) is 0. The van der Waals surface area contributed by atoms with Crippen LogP contribution in [0, 0.1) is 11.8 Å². The van der Waals surface area contributed by atoms with Crippen molar-refractivity contribution in [1.82, 2.24) is 5.32 Å². The summed E-state index contributed by atoms with van der Waals surface area (Å²) < 4.78 is 0. The Morgan fingerprint density at radius 1 is 1.21 bits per heavy atom. The van der Waals surface area contributed by atoms with Crippen molar-refractivity contribution >= 4 is 0 Å². The zero-order valence-electron chi connectivity index (χ0n) is 12.6. The highest BCUT2D eigenvalue weighted by atomic mass is 14.9. The molecule has 2 rings (SSSR count). The van der Waals surface area contributed by atoms with E-state index in [-0.39, 0.29) is 0 Å². The Hall–Kier alpha value is -0.820. The summed E-state index contributed by atoms with van der Waals surface area (Å²) >= 11 is 0. The van der Waals surface area contributed by atoms with Gasteiger partial charge in [-0.25, -0.2) is 0 Å². The zero-order valence-corrected chi connectivity index (χ0v) is 12.6. The molecular weight excluding hydrogens is 230 g/mol. The van der Waals surface area contributed by atoms with Crippen LogP contribution in [-0.2, 0) is 0 Å². The van der Waals surface area contributed by atoms with Gasteiger partial charge in [0.25, 0.3) is 0 Å². The van der Waals surface area contributed by atoms with Crippen molar-refractivity contribution in [2.24, 2.45) is 11.8 Å². The first-order valence-electron chi connectivity index (χ1n) is 8.15. The van der Waals surface area contributed by atoms with Gasteiger partial charge >= 0.3 is 0 Å². The average Bonchev–Trinajstić information content (AvgIpc) is 2.66. The van der Waals surface area contributed by atoms with E-state index in [4.69, 9.17) is 0 Å². The number of allylic oxidation sites excluding steroid dienone is 5. The predicted octanol–water partition coefficient (Wildman–Crippen LogP) is 4.62. The molecule has 3 unspecified atom stereocenters. The van der Waals surface area contributed by atoms with Crippen molar-refractivity contribution in [3.63, 3.8) is 0 Å². The highest BCUT2D eigenvalue weighted by molar-refractivity contribution is 5.31. The Morgan fingerprint density at radius 3 is 2.89 bits per heavy atom. The molecule has 1 N–H and O–H groups in total. The van der Waals surface area contributed by atoms with E-state index in [1.54, 1.807) is 5.57 Å². The van der Waals surface area contributed by atoms with Crippen LogP contribution in [0.2, 0.25) is 0 Å². The van der Waals surface area contributed by atoms with Crippen LogP contribution in [0.15, 0.2) is 36.0 Å². The molecule has 106 valence electrons. The number of unbranched alkanes of at least 4 members (excludes halogenated alkanes) is 2. The quantitative estimate of drug-likeness (QED) is 0.710. The van der Waals surface area contributed by atoms with Crippen LogP contribution < -0.4 is 5.32 Å². The van der Waals surface area contributed by atoms with Crippen molar-refractivity contribution in [2.75, 3.05) is 6.54 Å². The fraction of sp³-hybridized carbons (Fsp3) is 0.667. The monoisotopic (exact) mass is 259 g/mol. The van der Waals surface area contributed by atoms with Gasteiger partial charge in [0.05, 0.1) is 0 Å². The largest absolute Gasteiger partial charge is 0.313 e. The first kappa shape index (κ1) is 14.6. The molecule has 0 spiro atoms. The number of hydrogen-bond donors (Lipinski definition) is 1. The van der Waals surface area contributed by atoms with Gasteiger partial charge in [-0.05, 0) is 43.2 Å². The standard InChI is InChI=1S/C18H29N/c1-3-5-6-11-17-16-10-8-7-9-15(14-16)12-13-19-18(17)4-2/h7-10,14-15,17-19H,3-6,11-13H2,1-2H3.